The quantitative estimate of drug-likeness (QED) is 0.410. The molecule has 46 valence electrons. The highest BCUT2D eigenvalue weighted by Gasteiger charge is 1.95. The molecule has 0 aromatic carbocycles. The molecule has 0 spiro atoms. The molecule has 0 aromatic heterocycles. The maximum absolute atomic E-state index is 6.81. The van der Waals surface area contributed by atoms with Crippen molar-refractivity contribution in [1.29, 1.82) is 5.41 Å². The van der Waals surface area contributed by atoms with E-state index in [0.717, 1.165) is 6.42 Å². The molecule has 0 aromatic rings. The summed E-state index contributed by atoms with van der Waals surface area (Å²) in [6, 6.07) is 0. The summed E-state index contributed by atoms with van der Waals surface area (Å²) in [4.78, 5) is 0. The average Bonchev–Trinajstić information content (AvgIpc) is 1.83. The normalized spacial score (nSPS) is 12.6. The zero-order chi connectivity index (χ0) is 6.41. The average molecular weight is 112 g/mol. The molecule has 0 heterocycles. The summed E-state index contributed by atoms with van der Waals surface area (Å²) in [6.07, 6.45) is 3.96. The van der Waals surface area contributed by atoms with Crippen molar-refractivity contribution < 1.29 is 0 Å². The molecule has 0 saturated heterocycles. The molecule has 8 heavy (non-hydrogen) atoms. The van der Waals surface area contributed by atoms with E-state index in [4.69, 9.17) is 11.1 Å². The third-order valence-corrected chi connectivity index (χ3v) is 1.01. The Kier molecular flexibility index (Phi) is 4.17. The van der Waals surface area contributed by atoms with Crippen LogP contribution in [0.3, 0.4) is 0 Å². The fourth-order valence-corrected chi connectivity index (χ4v) is 0.446. The molecular formula is C6H12N2. The van der Waals surface area contributed by atoms with E-state index >= 15 is 0 Å². The first kappa shape index (κ1) is 7.37. The Morgan fingerprint density at radius 3 is 2.50 bits per heavy atom. The number of hydrogen-bond acceptors (Lipinski definition) is 2. The monoisotopic (exact) mass is 112 g/mol. The summed E-state index contributed by atoms with van der Waals surface area (Å²) in [5.74, 6) is 0.201. The van der Waals surface area contributed by atoms with Gasteiger partial charge in [0.1, 0.15) is 0 Å². The van der Waals surface area contributed by atoms with E-state index in [1.165, 1.54) is 6.21 Å². The Morgan fingerprint density at radius 2 is 2.38 bits per heavy atom. The summed E-state index contributed by atoms with van der Waals surface area (Å²) < 4.78 is 0. The number of nitrogens with two attached hydrogens (primary N) is 1. The topological polar surface area (TPSA) is 49.9 Å². The third-order valence-electron chi connectivity index (χ3n) is 1.01. The molecule has 0 unspecified atom stereocenters. The lowest BCUT2D eigenvalue weighted by atomic mass is 10.1. The Balaban J connectivity index is 3.35. The van der Waals surface area contributed by atoms with Gasteiger partial charge in [-0.2, -0.15) is 0 Å². The number of allylic oxidation sites excluding steroid dienone is 1. The van der Waals surface area contributed by atoms with E-state index in [2.05, 4.69) is 6.58 Å². The second-order valence-corrected chi connectivity index (χ2v) is 1.69. The molecule has 0 rings (SSSR count). The lowest BCUT2D eigenvalue weighted by molar-refractivity contribution is 0.727. The van der Waals surface area contributed by atoms with Crippen LogP contribution in [0.1, 0.15) is 6.42 Å². The van der Waals surface area contributed by atoms with Gasteiger partial charge in [-0.15, -0.1) is 6.58 Å². The van der Waals surface area contributed by atoms with Crippen LogP contribution in [0.2, 0.25) is 0 Å². The fourth-order valence-electron chi connectivity index (χ4n) is 0.446. The van der Waals surface area contributed by atoms with Gasteiger partial charge in [0.25, 0.3) is 0 Å². The van der Waals surface area contributed by atoms with Gasteiger partial charge < -0.3 is 11.1 Å². The highest BCUT2D eigenvalue weighted by Crippen LogP contribution is 1.95. The fraction of sp³-hybridized carbons (Fsp3) is 0.500. The molecule has 0 bridgehead atoms. The molecule has 3 N–H and O–H groups in total. The highest BCUT2D eigenvalue weighted by molar-refractivity contribution is 5.57. The van der Waals surface area contributed by atoms with E-state index in [-0.39, 0.29) is 5.92 Å². The predicted octanol–water partition coefficient (Wildman–Crippen LogP) is 0.787. The smallest absolute Gasteiger partial charge is 0.00924 e. The van der Waals surface area contributed by atoms with E-state index in [1.54, 1.807) is 6.08 Å². The minimum Gasteiger partial charge on any atom is -0.330 e. The van der Waals surface area contributed by atoms with Gasteiger partial charge >= 0.3 is 0 Å². The van der Waals surface area contributed by atoms with Crippen LogP contribution in [0.15, 0.2) is 12.7 Å². The largest absolute Gasteiger partial charge is 0.330 e. The second kappa shape index (κ2) is 4.53. The van der Waals surface area contributed by atoms with Crippen molar-refractivity contribution in [2.45, 2.75) is 6.42 Å². The Labute approximate surface area is 49.9 Å². The molecule has 2 nitrogen and oxygen atoms in total. The number of nitrogens with one attached hydrogen (secondary N) is 1. The predicted molar refractivity (Wildman–Crippen MR) is 36.1 cm³/mol. The van der Waals surface area contributed by atoms with Crippen LogP contribution in [-0.4, -0.2) is 12.8 Å². The van der Waals surface area contributed by atoms with E-state index in [1.807, 2.05) is 0 Å². The summed E-state index contributed by atoms with van der Waals surface area (Å²) in [5, 5.41) is 6.81. The van der Waals surface area contributed by atoms with Crippen molar-refractivity contribution >= 4 is 6.21 Å². The second-order valence-electron chi connectivity index (χ2n) is 1.69. The zero-order valence-electron chi connectivity index (χ0n) is 4.93. The Hall–Kier alpha value is -0.630. The van der Waals surface area contributed by atoms with Crippen LogP contribution in [0.4, 0.5) is 0 Å². The van der Waals surface area contributed by atoms with E-state index in [9.17, 15) is 0 Å². The van der Waals surface area contributed by atoms with Gasteiger partial charge in [-0.05, 0) is 12.6 Å². The van der Waals surface area contributed by atoms with Gasteiger partial charge in [-0.3, -0.25) is 0 Å². The summed E-state index contributed by atoms with van der Waals surface area (Å²) in [5.41, 5.74) is 5.27. The minimum absolute atomic E-state index is 0.201. The van der Waals surface area contributed by atoms with Crippen LogP contribution < -0.4 is 5.73 Å². The van der Waals surface area contributed by atoms with Gasteiger partial charge in [0.05, 0.1) is 0 Å². The zero-order valence-corrected chi connectivity index (χ0v) is 4.93. The highest BCUT2D eigenvalue weighted by atomic mass is 14.6. The minimum atomic E-state index is 0.201. The maximum Gasteiger partial charge on any atom is 0.00924 e. The molecule has 2 heteroatoms. The van der Waals surface area contributed by atoms with Crippen molar-refractivity contribution in [3.05, 3.63) is 12.7 Å². The Bertz CT molecular complexity index is 78.6. The summed E-state index contributed by atoms with van der Waals surface area (Å²) in [6.45, 7) is 4.09. The van der Waals surface area contributed by atoms with Crippen molar-refractivity contribution in [2.24, 2.45) is 11.7 Å². The van der Waals surface area contributed by atoms with Gasteiger partial charge in [0.15, 0.2) is 0 Å². The van der Waals surface area contributed by atoms with Gasteiger partial charge in [-0.25, -0.2) is 0 Å². The molecule has 0 aliphatic heterocycles. The Morgan fingerprint density at radius 1 is 1.75 bits per heavy atom. The van der Waals surface area contributed by atoms with Crippen molar-refractivity contribution in [2.75, 3.05) is 6.54 Å². The van der Waals surface area contributed by atoms with E-state index < -0.39 is 0 Å². The molecular weight excluding hydrogens is 100 g/mol. The first-order valence-electron chi connectivity index (χ1n) is 2.66. The molecule has 0 aliphatic carbocycles. The number of hydrogen-bond donors (Lipinski definition) is 2. The standard InChI is InChI=1S/C6H12N2/c1-2-3-6(4-7)5-8/h2,4,6-7H,1,3,5,8H2/t6-/m0/s1. The van der Waals surface area contributed by atoms with Crippen molar-refractivity contribution in [3.63, 3.8) is 0 Å². The molecule has 0 aliphatic rings. The van der Waals surface area contributed by atoms with Gasteiger partial charge in [0, 0.05) is 12.5 Å². The van der Waals surface area contributed by atoms with Crippen LogP contribution >= 0.6 is 0 Å². The lowest BCUT2D eigenvalue weighted by Gasteiger charge is -2.01. The molecule has 1 atom stereocenters. The van der Waals surface area contributed by atoms with Gasteiger partial charge in [0.2, 0.25) is 0 Å². The molecule has 0 radical (unpaired) electrons. The van der Waals surface area contributed by atoms with E-state index in [0.29, 0.717) is 6.54 Å². The molecule has 0 amide bonds. The van der Waals surface area contributed by atoms with Crippen LogP contribution in [0, 0.1) is 11.3 Å². The van der Waals surface area contributed by atoms with Crippen LogP contribution in [-0.2, 0) is 0 Å². The SMILES string of the molecule is C=CC[C@@H](C=N)CN. The lowest BCUT2D eigenvalue weighted by Crippen LogP contribution is -2.13. The first-order valence-corrected chi connectivity index (χ1v) is 2.66. The summed E-state index contributed by atoms with van der Waals surface area (Å²) >= 11 is 0. The summed E-state index contributed by atoms with van der Waals surface area (Å²) in [7, 11) is 0. The molecule has 0 saturated carbocycles. The first-order chi connectivity index (χ1) is 3.85. The van der Waals surface area contributed by atoms with Crippen LogP contribution in [0.5, 0.6) is 0 Å². The maximum atomic E-state index is 6.81. The van der Waals surface area contributed by atoms with Crippen molar-refractivity contribution in [3.8, 4) is 0 Å². The third kappa shape index (κ3) is 2.53. The number of rotatable bonds is 4. The van der Waals surface area contributed by atoms with Crippen LogP contribution in [0.25, 0.3) is 0 Å². The van der Waals surface area contributed by atoms with Crippen molar-refractivity contribution in [1.82, 2.24) is 0 Å². The van der Waals surface area contributed by atoms with Gasteiger partial charge in [-0.1, -0.05) is 6.08 Å². The molecule has 0 fully saturated rings.